The average molecular weight is 454 g/mol. The van der Waals surface area contributed by atoms with Crippen LogP contribution < -0.4 is 10.2 Å². The third-order valence-corrected chi connectivity index (χ3v) is 6.00. The van der Waals surface area contributed by atoms with E-state index in [1.54, 1.807) is 18.3 Å². The highest BCUT2D eigenvalue weighted by atomic mass is 16.4. The van der Waals surface area contributed by atoms with Crippen LogP contribution in [0.15, 0.2) is 82.0 Å². The monoisotopic (exact) mass is 453 g/mol. The molecule has 5 rings (SSSR count). The van der Waals surface area contributed by atoms with Crippen LogP contribution in [0, 0.1) is 17.2 Å². The van der Waals surface area contributed by atoms with Crippen LogP contribution in [0.4, 0.5) is 5.88 Å². The third-order valence-electron chi connectivity index (χ3n) is 6.00. The lowest BCUT2D eigenvalue weighted by atomic mass is 9.94. The van der Waals surface area contributed by atoms with Crippen molar-refractivity contribution in [3.05, 3.63) is 90.1 Å². The molecule has 34 heavy (non-hydrogen) atoms. The molecule has 1 unspecified atom stereocenters. The van der Waals surface area contributed by atoms with Gasteiger partial charge < -0.3 is 19.1 Å². The number of amides is 1. The molecule has 8 nitrogen and oxygen atoms in total. The van der Waals surface area contributed by atoms with E-state index in [0.717, 1.165) is 11.3 Å². The van der Waals surface area contributed by atoms with Crippen molar-refractivity contribution in [1.82, 2.24) is 15.3 Å². The van der Waals surface area contributed by atoms with Gasteiger partial charge in [-0.1, -0.05) is 36.4 Å². The molecule has 4 heterocycles. The first-order chi connectivity index (χ1) is 16.7. The van der Waals surface area contributed by atoms with Gasteiger partial charge in [0.15, 0.2) is 5.76 Å². The molecule has 0 bridgehead atoms. The first-order valence-corrected chi connectivity index (χ1v) is 11.2. The number of hydrogen-bond acceptors (Lipinski definition) is 7. The number of anilines is 1. The fraction of sp³-hybridized carbons (Fsp3) is 0.231. The van der Waals surface area contributed by atoms with Crippen LogP contribution in [0.25, 0.3) is 11.7 Å². The normalized spacial score (nSPS) is 15.0. The van der Waals surface area contributed by atoms with Gasteiger partial charge in [0.2, 0.25) is 17.5 Å². The fourth-order valence-electron chi connectivity index (χ4n) is 4.23. The molecule has 4 aromatic rings. The van der Waals surface area contributed by atoms with Crippen LogP contribution in [-0.4, -0.2) is 29.0 Å². The number of carbonyl (C=O) groups excluding carboxylic acids is 1. The summed E-state index contributed by atoms with van der Waals surface area (Å²) >= 11 is 0. The number of nitrogens with one attached hydrogen (secondary N) is 1. The molecule has 1 saturated heterocycles. The number of benzene rings is 1. The van der Waals surface area contributed by atoms with Crippen molar-refractivity contribution >= 4 is 11.8 Å². The molecule has 1 N–H and O–H groups in total. The Labute approximate surface area is 196 Å². The number of hydrogen-bond donors (Lipinski definition) is 1. The van der Waals surface area contributed by atoms with E-state index >= 15 is 0 Å². The summed E-state index contributed by atoms with van der Waals surface area (Å²) in [6, 6.07) is 20.8. The van der Waals surface area contributed by atoms with Crippen molar-refractivity contribution in [3.8, 4) is 17.7 Å². The zero-order valence-corrected chi connectivity index (χ0v) is 18.4. The number of piperidine rings is 1. The van der Waals surface area contributed by atoms with Gasteiger partial charge in [0.25, 0.3) is 5.89 Å². The highest BCUT2D eigenvalue weighted by Crippen LogP contribution is 2.31. The summed E-state index contributed by atoms with van der Waals surface area (Å²) in [6.07, 6.45) is 4.54. The van der Waals surface area contributed by atoms with Crippen LogP contribution in [0.3, 0.4) is 0 Å². The fourth-order valence-corrected chi connectivity index (χ4v) is 4.23. The Bertz CT molecular complexity index is 1230. The van der Waals surface area contributed by atoms with Crippen molar-refractivity contribution in [2.24, 2.45) is 5.92 Å². The largest absolute Gasteiger partial charge is 0.459 e. The maximum Gasteiger partial charge on any atom is 0.266 e. The highest BCUT2D eigenvalue weighted by Gasteiger charge is 2.31. The second kappa shape index (κ2) is 9.63. The summed E-state index contributed by atoms with van der Waals surface area (Å²) < 4.78 is 11.2. The maximum atomic E-state index is 13.2. The van der Waals surface area contributed by atoms with Gasteiger partial charge in [0, 0.05) is 25.2 Å². The minimum atomic E-state index is -0.316. The van der Waals surface area contributed by atoms with Crippen molar-refractivity contribution < 1.29 is 13.6 Å². The SMILES string of the molecule is N#Cc1nc(-c2ccco2)oc1N1CCC(C(=O)NC(c2ccccc2)c2ccccn2)CC1. The molecule has 1 fully saturated rings. The van der Waals surface area contributed by atoms with Gasteiger partial charge in [-0.2, -0.15) is 10.2 Å². The Morgan fingerprint density at radius 2 is 1.88 bits per heavy atom. The van der Waals surface area contributed by atoms with Gasteiger partial charge in [-0.3, -0.25) is 9.78 Å². The molecule has 8 heteroatoms. The van der Waals surface area contributed by atoms with E-state index in [-0.39, 0.29) is 29.5 Å². The Kier molecular flexibility index (Phi) is 6.08. The first-order valence-electron chi connectivity index (χ1n) is 11.2. The highest BCUT2D eigenvalue weighted by molar-refractivity contribution is 5.80. The topological polar surface area (TPSA) is 108 Å². The van der Waals surface area contributed by atoms with Gasteiger partial charge in [0.05, 0.1) is 18.0 Å². The van der Waals surface area contributed by atoms with E-state index in [2.05, 4.69) is 21.4 Å². The lowest BCUT2D eigenvalue weighted by Gasteiger charge is -2.32. The molecule has 1 amide bonds. The molecule has 0 saturated carbocycles. The summed E-state index contributed by atoms with van der Waals surface area (Å²) in [6.45, 7) is 1.16. The lowest BCUT2D eigenvalue weighted by molar-refractivity contribution is -0.126. The number of oxazole rings is 1. The number of aromatic nitrogens is 2. The zero-order chi connectivity index (χ0) is 23.3. The zero-order valence-electron chi connectivity index (χ0n) is 18.4. The minimum absolute atomic E-state index is 0.00601. The second-order valence-corrected chi connectivity index (χ2v) is 8.13. The summed E-state index contributed by atoms with van der Waals surface area (Å²) in [4.78, 5) is 23.9. The van der Waals surface area contributed by atoms with Crippen LogP contribution in [-0.2, 0) is 4.79 Å². The van der Waals surface area contributed by atoms with Gasteiger partial charge in [-0.25, -0.2) is 0 Å². The third kappa shape index (κ3) is 4.41. The molecule has 1 aliphatic heterocycles. The Balaban J connectivity index is 1.27. The summed E-state index contributed by atoms with van der Waals surface area (Å²) in [7, 11) is 0. The molecule has 170 valence electrons. The molecule has 0 spiro atoms. The first kappa shape index (κ1) is 21.5. The summed E-state index contributed by atoms with van der Waals surface area (Å²) in [5.74, 6) is 1.01. The Morgan fingerprint density at radius 3 is 2.56 bits per heavy atom. The maximum absolute atomic E-state index is 13.2. The molecular weight excluding hydrogens is 430 g/mol. The number of pyridine rings is 1. The minimum Gasteiger partial charge on any atom is -0.459 e. The van der Waals surface area contributed by atoms with E-state index in [1.165, 1.54) is 6.26 Å². The predicted octanol–water partition coefficient (Wildman–Crippen LogP) is 4.32. The predicted molar refractivity (Wildman–Crippen MR) is 125 cm³/mol. The Morgan fingerprint density at radius 1 is 1.09 bits per heavy atom. The van der Waals surface area contributed by atoms with E-state index in [4.69, 9.17) is 8.83 Å². The summed E-state index contributed by atoms with van der Waals surface area (Å²) in [5.41, 5.74) is 2.00. The van der Waals surface area contributed by atoms with Crippen LogP contribution in [0.1, 0.15) is 35.8 Å². The lowest BCUT2D eigenvalue weighted by Crippen LogP contribution is -2.42. The molecule has 0 aliphatic carbocycles. The van der Waals surface area contributed by atoms with Crippen LogP contribution >= 0.6 is 0 Å². The smallest absolute Gasteiger partial charge is 0.266 e. The molecule has 3 aromatic heterocycles. The molecular formula is C26H23N5O3. The van der Waals surface area contributed by atoms with Gasteiger partial charge >= 0.3 is 0 Å². The molecule has 0 radical (unpaired) electrons. The number of rotatable bonds is 6. The van der Waals surface area contributed by atoms with Gasteiger partial charge in [-0.05, 0) is 42.7 Å². The number of carbonyl (C=O) groups is 1. The van der Waals surface area contributed by atoms with Gasteiger partial charge in [-0.15, -0.1) is 0 Å². The van der Waals surface area contributed by atoms with Crippen molar-refractivity contribution in [3.63, 3.8) is 0 Å². The quantitative estimate of drug-likeness (QED) is 0.463. The molecule has 1 aliphatic rings. The van der Waals surface area contributed by atoms with E-state index in [9.17, 15) is 10.1 Å². The standard InChI is InChI=1S/C26H23N5O3/c27-17-21-26(34-25(29-21)22-10-6-16-33-22)31-14-11-19(12-15-31)24(32)30-23(18-7-2-1-3-8-18)20-9-4-5-13-28-20/h1-10,13,16,19,23H,11-12,14-15H2,(H,30,32). The summed E-state index contributed by atoms with van der Waals surface area (Å²) in [5, 5.41) is 12.7. The van der Waals surface area contributed by atoms with Crippen molar-refractivity contribution in [1.29, 1.82) is 5.26 Å². The van der Waals surface area contributed by atoms with Crippen molar-refractivity contribution in [2.45, 2.75) is 18.9 Å². The average Bonchev–Trinajstić information content (AvgIpc) is 3.58. The molecule has 1 aromatic carbocycles. The van der Waals surface area contributed by atoms with Crippen molar-refractivity contribution in [2.75, 3.05) is 18.0 Å². The van der Waals surface area contributed by atoms with E-state index < -0.39 is 0 Å². The van der Waals surface area contributed by atoms with Crippen LogP contribution in [0.2, 0.25) is 0 Å². The van der Waals surface area contributed by atoms with Gasteiger partial charge in [0.1, 0.15) is 6.07 Å². The van der Waals surface area contributed by atoms with E-state index in [1.807, 2.05) is 53.4 Å². The number of furan rings is 1. The number of nitrogens with zero attached hydrogens (tertiary/aromatic N) is 4. The second-order valence-electron chi connectivity index (χ2n) is 8.13. The molecule has 1 atom stereocenters. The number of nitriles is 1. The van der Waals surface area contributed by atoms with E-state index in [0.29, 0.717) is 37.6 Å². The Hall–Kier alpha value is -4.38. The van der Waals surface area contributed by atoms with Crippen LogP contribution in [0.5, 0.6) is 0 Å².